The highest BCUT2D eigenvalue weighted by atomic mass is 19.4. The van der Waals surface area contributed by atoms with Crippen LogP contribution in [0.1, 0.15) is 22.7 Å². The van der Waals surface area contributed by atoms with Gasteiger partial charge in [-0.3, -0.25) is 4.68 Å². The minimum Gasteiger partial charge on any atom is -0.311 e. The van der Waals surface area contributed by atoms with Crippen LogP contribution >= 0.6 is 0 Å². The predicted octanol–water partition coefficient (Wildman–Crippen LogP) is 3.17. The molecule has 3 nitrogen and oxygen atoms in total. The van der Waals surface area contributed by atoms with Crippen molar-refractivity contribution in [2.75, 3.05) is 7.05 Å². The summed E-state index contributed by atoms with van der Waals surface area (Å²) in [6.45, 7) is 2.33. The van der Waals surface area contributed by atoms with Crippen LogP contribution in [0.2, 0.25) is 0 Å². The second-order valence-corrected chi connectivity index (χ2v) is 4.70. The Hall–Kier alpha value is -1.82. The molecule has 1 aromatic carbocycles. The number of likely N-dealkylation sites (N-methyl/N-ethyl adjacent to an activating group) is 1. The third-order valence-electron chi connectivity index (χ3n) is 3.16. The highest BCUT2D eigenvalue weighted by Gasteiger charge is 2.32. The largest absolute Gasteiger partial charge is 0.419 e. The number of hydrogen-bond acceptors (Lipinski definition) is 2. The van der Waals surface area contributed by atoms with Crippen LogP contribution in [0.4, 0.5) is 13.2 Å². The first kappa shape index (κ1) is 14.6. The molecule has 1 N–H and O–H groups in total. The summed E-state index contributed by atoms with van der Waals surface area (Å²) in [5.41, 5.74) is 1.43. The van der Waals surface area contributed by atoms with Crippen LogP contribution in [-0.2, 0) is 12.7 Å². The van der Waals surface area contributed by atoms with E-state index in [0.29, 0.717) is 6.54 Å². The minimum atomic E-state index is -4.35. The summed E-state index contributed by atoms with van der Waals surface area (Å²) in [5.74, 6) is 0. The van der Waals surface area contributed by atoms with Crippen LogP contribution in [0, 0.1) is 6.92 Å². The van der Waals surface area contributed by atoms with Gasteiger partial charge in [-0.2, -0.15) is 18.3 Å². The Balaban J connectivity index is 2.14. The maximum absolute atomic E-state index is 12.5. The molecule has 0 radical (unpaired) electrons. The predicted molar refractivity (Wildman–Crippen MR) is 70.2 cm³/mol. The second kappa shape index (κ2) is 5.66. The van der Waals surface area contributed by atoms with Crippen LogP contribution in [0.3, 0.4) is 0 Å². The van der Waals surface area contributed by atoms with Crippen molar-refractivity contribution in [1.82, 2.24) is 15.1 Å². The maximum atomic E-state index is 12.5. The Labute approximate surface area is 115 Å². The van der Waals surface area contributed by atoms with Crippen molar-refractivity contribution in [1.29, 1.82) is 0 Å². The van der Waals surface area contributed by atoms with E-state index in [1.807, 2.05) is 31.2 Å². The normalized spacial score (nSPS) is 13.4. The fourth-order valence-corrected chi connectivity index (χ4v) is 1.96. The van der Waals surface area contributed by atoms with E-state index in [1.54, 1.807) is 7.05 Å². The highest BCUT2D eigenvalue weighted by molar-refractivity contribution is 5.24. The Morgan fingerprint density at radius 1 is 1.25 bits per heavy atom. The van der Waals surface area contributed by atoms with Crippen molar-refractivity contribution in [2.24, 2.45) is 0 Å². The SMILES string of the molecule is CNC(Cn1cc(C(F)(F)F)cn1)c1ccc(C)cc1. The average Bonchev–Trinajstić information content (AvgIpc) is 2.85. The van der Waals surface area contributed by atoms with Crippen LogP contribution in [0.5, 0.6) is 0 Å². The van der Waals surface area contributed by atoms with Crippen LogP contribution in [0.25, 0.3) is 0 Å². The topological polar surface area (TPSA) is 29.9 Å². The number of rotatable bonds is 4. The molecule has 1 aromatic heterocycles. The molecule has 1 atom stereocenters. The summed E-state index contributed by atoms with van der Waals surface area (Å²) in [6, 6.07) is 7.79. The quantitative estimate of drug-likeness (QED) is 0.934. The van der Waals surface area contributed by atoms with Crippen LogP contribution in [0.15, 0.2) is 36.7 Å². The molecule has 108 valence electrons. The molecule has 2 aromatic rings. The van der Waals surface area contributed by atoms with E-state index in [1.165, 1.54) is 4.68 Å². The van der Waals surface area contributed by atoms with Gasteiger partial charge >= 0.3 is 6.18 Å². The third-order valence-corrected chi connectivity index (χ3v) is 3.16. The molecule has 0 spiro atoms. The van der Waals surface area contributed by atoms with Gasteiger partial charge in [-0.1, -0.05) is 29.8 Å². The minimum absolute atomic E-state index is 0.0865. The number of benzene rings is 1. The molecule has 0 saturated carbocycles. The summed E-state index contributed by atoms with van der Waals surface area (Å²) < 4.78 is 38.9. The maximum Gasteiger partial charge on any atom is 0.419 e. The van der Waals surface area contributed by atoms with E-state index in [4.69, 9.17) is 0 Å². The van der Waals surface area contributed by atoms with Crippen molar-refractivity contribution in [2.45, 2.75) is 25.7 Å². The number of aryl methyl sites for hydroxylation is 1. The molecule has 0 aliphatic heterocycles. The fourth-order valence-electron chi connectivity index (χ4n) is 1.96. The third kappa shape index (κ3) is 3.39. The first-order valence-electron chi connectivity index (χ1n) is 6.23. The zero-order chi connectivity index (χ0) is 14.8. The lowest BCUT2D eigenvalue weighted by Gasteiger charge is -2.17. The van der Waals surface area contributed by atoms with E-state index in [0.717, 1.165) is 23.5 Å². The first-order valence-corrected chi connectivity index (χ1v) is 6.23. The molecule has 2 rings (SSSR count). The van der Waals surface area contributed by atoms with E-state index >= 15 is 0 Å². The number of alkyl halides is 3. The van der Waals surface area contributed by atoms with Gasteiger partial charge in [0, 0.05) is 6.20 Å². The van der Waals surface area contributed by atoms with E-state index < -0.39 is 11.7 Å². The summed E-state index contributed by atoms with van der Waals surface area (Å²) in [4.78, 5) is 0. The molecule has 20 heavy (non-hydrogen) atoms. The summed E-state index contributed by atoms with van der Waals surface area (Å²) in [6.07, 6.45) is -2.47. The van der Waals surface area contributed by atoms with E-state index in [2.05, 4.69) is 10.4 Å². The lowest BCUT2D eigenvalue weighted by molar-refractivity contribution is -0.137. The van der Waals surface area contributed by atoms with Crippen molar-refractivity contribution in [3.63, 3.8) is 0 Å². The van der Waals surface area contributed by atoms with Gasteiger partial charge in [0.15, 0.2) is 0 Å². The van der Waals surface area contributed by atoms with Gasteiger partial charge in [-0.25, -0.2) is 0 Å². The lowest BCUT2D eigenvalue weighted by Crippen LogP contribution is -2.22. The molecule has 0 aliphatic rings. The molecule has 0 amide bonds. The number of nitrogens with one attached hydrogen (secondary N) is 1. The zero-order valence-electron chi connectivity index (χ0n) is 11.3. The number of aromatic nitrogens is 2. The summed E-state index contributed by atoms with van der Waals surface area (Å²) in [7, 11) is 1.78. The Kier molecular flexibility index (Phi) is 4.13. The van der Waals surface area contributed by atoms with Gasteiger partial charge in [0.1, 0.15) is 0 Å². The van der Waals surface area contributed by atoms with E-state index in [9.17, 15) is 13.2 Å². The van der Waals surface area contributed by atoms with Gasteiger partial charge < -0.3 is 5.32 Å². The lowest BCUT2D eigenvalue weighted by atomic mass is 10.1. The van der Waals surface area contributed by atoms with Gasteiger partial charge in [0.2, 0.25) is 0 Å². The van der Waals surface area contributed by atoms with Crippen molar-refractivity contribution >= 4 is 0 Å². The Bertz CT molecular complexity index is 558. The fraction of sp³-hybridized carbons (Fsp3) is 0.357. The summed E-state index contributed by atoms with van der Waals surface area (Å²) in [5, 5.41) is 6.86. The molecule has 1 unspecified atom stereocenters. The molecule has 0 fully saturated rings. The van der Waals surface area contributed by atoms with Gasteiger partial charge in [-0.05, 0) is 19.5 Å². The molecular weight excluding hydrogens is 267 g/mol. The summed E-state index contributed by atoms with van der Waals surface area (Å²) >= 11 is 0. The van der Waals surface area contributed by atoms with Crippen molar-refractivity contribution < 1.29 is 13.2 Å². The second-order valence-electron chi connectivity index (χ2n) is 4.70. The molecule has 1 heterocycles. The van der Waals surface area contributed by atoms with Crippen LogP contribution < -0.4 is 5.32 Å². The first-order chi connectivity index (χ1) is 9.40. The van der Waals surface area contributed by atoms with Crippen molar-refractivity contribution in [3.8, 4) is 0 Å². The molecular formula is C14H16F3N3. The molecule has 0 aliphatic carbocycles. The molecule has 6 heteroatoms. The Morgan fingerprint density at radius 3 is 2.40 bits per heavy atom. The number of hydrogen-bond donors (Lipinski definition) is 1. The van der Waals surface area contributed by atoms with Gasteiger partial charge in [-0.15, -0.1) is 0 Å². The highest BCUT2D eigenvalue weighted by Crippen LogP contribution is 2.28. The van der Waals surface area contributed by atoms with Gasteiger partial charge in [0.25, 0.3) is 0 Å². The molecule has 0 saturated heterocycles. The number of nitrogens with zero attached hydrogens (tertiary/aromatic N) is 2. The monoisotopic (exact) mass is 283 g/mol. The zero-order valence-corrected chi connectivity index (χ0v) is 11.3. The average molecular weight is 283 g/mol. The van der Waals surface area contributed by atoms with Gasteiger partial charge in [0.05, 0.1) is 24.3 Å². The van der Waals surface area contributed by atoms with Crippen LogP contribution in [-0.4, -0.2) is 16.8 Å². The van der Waals surface area contributed by atoms with Crippen molar-refractivity contribution in [3.05, 3.63) is 53.3 Å². The Morgan fingerprint density at radius 2 is 1.90 bits per heavy atom. The number of halogens is 3. The standard InChI is InChI=1S/C14H16F3N3/c1-10-3-5-11(6-4-10)13(18-2)9-20-8-12(7-19-20)14(15,16)17/h3-8,13,18H,9H2,1-2H3. The smallest absolute Gasteiger partial charge is 0.311 e. The van der Waals surface area contributed by atoms with E-state index in [-0.39, 0.29) is 6.04 Å². The molecule has 0 bridgehead atoms.